The number of H-pyrrole nitrogens is 1. The highest BCUT2D eigenvalue weighted by atomic mass is 16.5. The number of para-hydroxylation sites is 1. The summed E-state index contributed by atoms with van der Waals surface area (Å²) in [5.74, 6) is -0.328. The Morgan fingerprint density at radius 3 is 2.77 bits per heavy atom. The van der Waals surface area contributed by atoms with Crippen molar-refractivity contribution in [3.63, 3.8) is 0 Å². The highest BCUT2D eigenvalue weighted by Crippen LogP contribution is 2.14. The molecule has 0 radical (unpaired) electrons. The molecule has 1 amide bonds. The monoisotopic (exact) mass is 303 g/mol. The van der Waals surface area contributed by atoms with Gasteiger partial charge in [0.25, 0.3) is 5.91 Å². The van der Waals surface area contributed by atoms with Crippen LogP contribution in [0.2, 0.25) is 0 Å². The van der Waals surface area contributed by atoms with Crippen molar-refractivity contribution in [2.75, 3.05) is 13.7 Å². The maximum Gasteiger partial charge on any atom is 0.305 e. The third kappa shape index (κ3) is 4.31. The highest BCUT2D eigenvalue weighted by molar-refractivity contribution is 6.04. The van der Waals surface area contributed by atoms with Gasteiger partial charge in [0.1, 0.15) is 0 Å². The molecule has 2 rings (SSSR count). The molecule has 0 aliphatic heterocycles. The molecule has 0 saturated heterocycles. The van der Waals surface area contributed by atoms with Crippen molar-refractivity contribution >= 4 is 22.8 Å². The van der Waals surface area contributed by atoms with Crippen LogP contribution in [-0.2, 0) is 9.53 Å². The Hall–Kier alpha value is -2.37. The molecule has 0 fully saturated rings. The number of aromatic amines is 1. The summed E-state index contributed by atoms with van der Waals surface area (Å²) < 4.78 is 4.58. The summed E-state index contributed by atoms with van der Waals surface area (Å²) in [7, 11) is 1.40. The molecule has 2 aromatic rings. The number of nitrogens with one attached hydrogen (secondary N) is 2. The third-order valence-corrected chi connectivity index (χ3v) is 3.51. The lowest BCUT2D eigenvalue weighted by molar-refractivity contribution is -0.140. The van der Waals surface area contributed by atoms with Crippen LogP contribution < -0.4 is 5.32 Å². The third-order valence-electron chi connectivity index (χ3n) is 3.51. The van der Waals surface area contributed by atoms with Crippen molar-refractivity contribution in [3.8, 4) is 0 Å². The van der Waals surface area contributed by atoms with Gasteiger partial charge in [0, 0.05) is 18.4 Å². The largest absolute Gasteiger partial charge is 0.469 e. The molecule has 6 nitrogen and oxygen atoms in total. The average Bonchev–Trinajstić information content (AvgIpc) is 2.97. The van der Waals surface area contributed by atoms with Crippen LogP contribution in [0.15, 0.2) is 24.3 Å². The number of hydrogen-bond acceptors (Lipinski definition) is 4. The van der Waals surface area contributed by atoms with Crippen LogP contribution in [0.25, 0.3) is 10.9 Å². The number of hydrogen-bond donors (Lipinski definition) is 2. The van der Waals surface area contributed by atoms with Gasteiger partial charge < -0.3 is 10.1 Å². The van der Waals surface area contributed by atoms with E-state index in [1.54, 1.807) is 0 Å². The summed E-state index contributed by atoms with van der Waals surface area (Å²) in [5.41, 5.74) is 1.29. The number of nitrogens with zero attached hydrogens (tertiary/aromatic N) is 1. The molecule has 0 atom stereocenters. The maximum atomic E-state index is 12.1. The zero-order valence-electron chi connectivity index (χ0n) is 12.7. The van der Waals surface area contributed by atoms with Crippen LogP contribution in [0, 0.1) is 0 Å². The molecule has 0 saturated carbocycles. The number of carbonyl (C=O) groups excluding carboxylic acids is 2. The molecule has 1 aromatic carbocycles. The second-order valence-electron chi connectivity index (χ2n) is 5.11. The number of esters is 1. The predicted octanol–water partition coefficient (Wildman–Crippen LogP) is 2.42. The Morgan fingerprint density at radius 1 is 1.18 bits per heavy atom. The quantitative estimate of drug-likeness (QED) is 0.579. The average molecular weight is 303 g/mol. The first-order valence-electron chi connectivity index (χ1n) is 7.50. The topological polar surface area (TPSA) is 84.1 Å². The SMILES string of the molecule is COC(=O)CCCCCCNC(=O)c1n[nH]c2ccccc12. The van der Waals surface area contributed by atoms with Crippen LogP contribution in [-0.4, -0.2) is 35.7 Å². The Morgan fingerprint density at radius 2 is 1.95 bits per heavy atom. The molecule has 0 aliphatic carbocycles. The van der Waals surface area contributed by atoms with Gasteiger partial charge in [-0.3, -0.25) is 14.7 Å². The fourth-order valence-corrected chi connectivity index (χ4v) is 2.27. The predicted molar refractivity (Wildman–Crippen MR) is 83.5 cm³/mol. The van der Waals surface area contributed by atoms with Gasteiger partial charge in [-0.1, -0.05) is 31.0 Å². The van der Waals surface area contributed by atoms with Gasteiger partial charge >= 0.3 is 5.97 Å². The molecule has 118 valence electrons. The van der Waals surface area contributed by atoms with E-state index < -0.39 is 0 Å². The van der Waals surface area contributed by atoms with Crippen molar-refractivity contribution in [2.45, 2.75) is 32.1 Å². The number of carbonyl (C=O) groups is 2. The summed E-state index contributed by atoms with van der Waals surface area (Å²) in [4.78, 5) is 23.0. The first kappa shape index (κ1) is 16.0. The Bertz CT molecular complexity index is 636. The molecule has 22 heavy (non-hydrogen) atoms. The first-order valence-corrected chi connectivity index (χ1v) is 7.50. The van der Waals surface area contributed by atoms with Gasteiger partial charge in [-0.25, -0.2) is 0 Å². The number of ether oxygens (including phenoxy) is 1. The molecule has 0 unspecified atom stereocenters. The summed E-state index contributed by atoms with van der Waals surface area (Å²) in [5, 5.41) is 10.6. The number of aromatic nitrogens is 2. The van der Waals surface area contributed by atoms with Crippen LogP contribution in [0.4, 0.5) is 0 Å². The van der Waals surface area contributed by atoms with Gasteiger partial charge in [-0.2, -0.15) is 5.10 Å². The van der Waals surface area contributed by atoms with Crippen molar-refractivity contribution in [1.29, 1.82) is 0 Å². The van der Waals surface area contributed by atoms with E-state index in [-0.39, 0.29) is 11.9 Å². The number of unbranched alkanes of at least 4 members (excludes halogenated alkanes) is 3. The van der Waals surface area contributed by atoms with E-state index in [0.717, 1.165) is 36.6 Å². The number of rotatable bonds is 8. The van der Waals surface area contributed by atoms with Crippen LogP contribution in [0.3, 0.4) is 0 Å². The van der Waals surface area contributed by atoms with Crippen LogP contribution in [0.5, 0.6) is 0 Å². The minimum absolute atomic E-state index is 0.160. The zero-order valence-corrected chi connectivity index (χ0v) is 12.7. The van der Waals surface area contributed by atoms with Crippen LogP contribution in [0.1, 0.15) is 42.6 Å². The molecular weight excluding hydrogens is 282 g/mol. The zero-order chi connectivity index (χ0) is 15.8. The summed E-state index contributed by atoms with van der Waals surface area (Å²) >= 11 is 0. The van der Waals surface area contributed by atoms with Crippen LogP contribution >= 0.6 is 0 Å². The lowest BCUT2D eigenvalue weighted by Gasteiger charge is -2.04. The van der Waals surface area contributed by atoms with Crippen molar-refractivity contribution in [3.05, 3.63) is 30.0 Å². The van der Waals surface area contributed by atoms with E-state index >= 15 is 0 Å². The fraction of sp³-hybridized carbons (Fsp3) is 0.438. The van der Waals surface area contributed by atoms with E-state index in [4.69, 9.17) is 0 Å². The Kier molecular flexibility index (Phi) is 5.94. The molecule has 2 N–H and O–H groups in total. The van der Waals surface area contributed by atoms with E-state index in [1.165, 1.54) is 7.11 Å². The first-order chi connectivity index (χ1) is 10.7. The second kappa shape index (κ2) is 8.17. The summed E-state index contributed by atoms with van der Waals surface area (Å²) in [6, 6.07) is 7.55. The smallest absolute Gasteiger partial charge is 0.305 e. The summed E-state index contributed by atoms with van der Waals surface area (Å²) in [6.45, 7) is 0.609. The Labute approximate surface area is 129 Å². The minimum atomic E-state index is -0.168. The number of benzene rings is 1. The highest BCUT2D eigenvalue weighted by Gasteiger charge is 2.12. The number of fused-ring (bicyclic) bond motifs is 1. The van der Waals surface area contributed by atoms with Crippen molar-refractivity contribution < 1.29 is 14.3 Å². The molecule has 0 spiro atoms. The molecular formula is C16H21N3O3. The lowest BCUT2D eigenvalue weighted by Crippen LogP contribution is -2.25. The summed E-state index contributed by atoms with van der Waals surface area (Å²) in [6.07, 6.45) is 4.09. The van der Waals surface area contributed by atoms with Gasteiger partial charge in [-0.05, 0) is 18.9 Å². The number of methoxy groups -OCH3 is 1. The lowest BCUT2D eigenvalue weighted by atomic mass is 10.1. The van der Waals surface area contributed by atoms with E-state index in [9.17, 15) is 9.59 Å². The normalized spacial score (nSPS) is 10.6. The molecule has 1 heterocycles. The van der Waals surface area contributed by atoms with E-state index in [0.29, 0.717) is 18.7 Å². The standard InChI is InChI=1S/C16H21N3O3/c1-22-14(20)10-4-2-3-7-11-17-16(21)15-12-8-5-6-9-13(12)18-19-15/h5-6,8-9H,2-4,7,10-11H2,1H3,(H,17,21)(H,18,19). The second-order valence-corrected chi connectivity index (χ2v) is 5.11. The van der Waals surface area contributed by atoms with Crippen molar-refractivity contribution in [1.82, 2.24) is 15.5 Å². The van der Waals surface area contributed by atoms with Gasteiger partial charge in [0.2, 0.25) is 0 Å². The van der Waals surface area contributed by atoms with Crippen molar-refractivity contribution in [2.24, 2.45) is 0 Å². The van der Waals surface area contributed by atoms with Gasteiger partial charge in [0.15, 0.2) is 5.69 Å². The Balaban J connectivity index is 1.67. The molecule has 6 heteroatoms. The molecule has 0 bridgehead atoms. The van der Waals surface area contributed by atoms with E-state index in [1.807, 2.05) is 24.3 Å². The minimum Gasteiger partial charge on any atom is -0.469 e. The fourth-order valence-electron chi connectivity index (χ4n) is 2.27. The number of amides is 1. The van der Waals surface area contributed by atoms with Gasteiger partial charge in [-0.15, -0.1) is 0 Å². The molecule has 1 aromatic heterocycles. The van der Waals surface area contributed by atoms with Gasteiger partial charge in [0.05, 0.1) is 12.6 Å². The molecule has 0 aliphatic rings. The van der Waals surface area contributed by atoms with E-state index in [2.05, 4.69) is 20.3 Å². The maximum absolute atomic E-state index is 12.1.